The number of hydrogen-bond donors (Lipinski definition) is 1. The lowest BCUT2D eigenvalue weighted by Crippen LogP contribution is -2.47. The Morgan fingerprint density at radius 3 is 2.96 bits per heavy atom. The van der Waals surface area contributed by atoms with E-state index in [1.54, 1.807) is 21.7 Å². The summed E-state index contributed by atoms with van der Waals surface area (Å²) in [5.74, 6) is 0.129. The molecule has 1 aliphatic heterocycles. The number of nitrogens with zero attached hydrogens (tertiary/aromatic N) is 4. The van der Waals surface area contributed by atoms with E-state index in [0.717, 1.165) is 17.7 Å². The third kappa shape index (κ3) is 3.63. The summed E-state index contributed by atoms with van der Waals surface area (Å²) in [6, 6.07) is 10.2. The van der Waals surface area contributed by atoms with Crippen LogP contribution in [0, 0.1) is 5.82 Å². The maximum absolute atomic E-state index is 13.7. The van der Waals surface area contributed by atoms with E-state index < -0.39 is 0 Å². The van der Waals surface area contributed by atoms with Crippen molar-refractivity contribution in [2.75, 3.05) is 20.1 Å². The smallest absolute Gasteiger partial charge is 0.293 e. The van der Waals surface area contributed by atoms with E-state index in [-0.39, 0.29) is 23.6 Å². The van der Waals surface area contributed by atoms with Crippen molar-refractivity contribution >= 4 is 17.2 Å². The molecule has 1 unspecified atom stereocenters. The molecule has 2 aromatic heterocycles. The van der Waals surface area contributed by atoms with Gasteiger partial charge in [0, 0.05) is 19.1 Å². The first-order valence-electron chi connectivity index (χ1n) is 8.89. The molecule has 4 rings (SSSR count). The minimum Gasteiger partial charge on any atom is -0.334 e. The second-order valence-corrected chi connectivity index (χ2v) is 7.45. The number of amides is 1. The molecule has 0 spiro atoms. The summed E-state index contributed by atoms with van der Waals surface area (Å²) >= 11 is 1.50. The Bertz CT molecular complexity index is 939. The van der Waals surface area contributed by atoms with Gasteiger partial charge in [-0.15, -0.1) is 16.4 Å². The normalized spacial score (nSPS) is 17.3. The first-order chi connectivity index (χ1) is 13.2. The summed E-state index contributed by atoms with van der Waals surface area (Å²) < 4.78 is 15.3. The second-order valence-electron chi connectivity index (χ2n) is 6.51. The molecule has 0 bridgehead atoms. The van der Waals surface area contributed by atoms with Crippen molar-refractivity contribution in [3.05, 3.63) is 53.4 Å². The number of likely N-dealkylation sites (tertiary alicyclic amines) is 1. The first-order valence-corrected chi connectivity index (χ1v) is 9.77. The van der Waals surface area contributed by atoms with E-state index in [4.69, 9.17) is 0 Å². The number of carbonyl (C=O) groups excluding carboxylic acids is 1. The SMILES string of the molecule is CNC1CCCN(C(=O)c2nc(-c3cccs3)n(-c3cccc(F)c3)n2)C1. The van der Waals surface area contributed by atoms with Gasteiger partial charge in [0.1, 0.15) is 5.82 Å². The van der Waals surface area contributed by atoms with Gasteiger partial charge in [-0.25, -0.2) is 14.1 Å². The largest absolute Gasteiger partial charge is 0.334 e. The van der Waals surface area contributed by atoms with Crippen LogP contribution in [0.5, 0.6) is 0 Å². The zero-order valence-electron chi connectivity index (χ0n) is 14.9. The summed E-state index contributed by atoms with van der Waals surface area (Å²) in [6.45, 7) is 1.33. The summed E-state index contributed by atoms with van der Waals surface area (Å²) in [5, 5.41) is 9.60. The summed E-state index contributed by atoms with van der Waals surface area (Å²) in [4.78, 5) is 20.2. The Hall–Kier alpha value is -2.58. The molecule has 8 heteroatoms. The zero-order valence-corrected chi connectivity index (χ0v) is 15.7. The molecule has 6 nitrogen and oxygen atoms in total. The first kappa shape index (κ1) is 17.8. The van der Waals surface area contributed by atoms with Gasteiger partial charge in [-0.2, -0.15) is 0 Å². The molecule has 0 aliphatic carbocycles. The van der Waals surface area contributed by atoms with Crippen molar-refractivity contribution in [3.63, 3.8) is 0 Å². The van der Waals surface area contributed by atoms with Crippen molar-refractivity contribution in [2.24, 2.45) is 0 Å². The van der Waals surface area contributed by atoms with Crippen LogP contribution >= 0.6 is 11.3 Å². The van der Waals surface area contributed by atoms with Crippen molar-refractivity contribution in [1.29, 1.82) is 0 Å². The quantitative estimate of drug-likeness (QED) is 0.750. The molecular formula is C19H20FN5OS. The highest BCUT2D eigenvalue weighted by molar-refractivity contribution is 7.13. The molecule has 140 valence electrons. The van der Waals surface area contributed by atoms with Crippen LogP contribution in [0.15, 0.2) is 41.8 Å². The monoisotopic (exact) mass is 385 g/mol. The van der Waals surface area contributed by atoms with Gasteiger partial charge >= 0.3 is 0 Å². The van der Waals surface area contributed by atoms with Gasteiger partial charge in [0.15, 0.2) is 5.82 Å². The lowest BCUT2D eigenvalue weighted by atomic mass is 10.1. The predicted molar refractivity (Wildman–Crippen MR) is 103 cm³/mol. The minimum atomic E-state index is -0.360. The highest BCUT2D eigenvalue weighted by Crippen LogP contribution is 2.26. The van der Waals surface area contributed by atoms with E-state index in [0.29, 0.717) is 24.6 Å². The molecule has 1 atom stereocenters. The van der Waals surface area contributed by atoms with Crippen LogP contribution in [0.3, 0.4) is 0 Å². The molecule has 1 amide bonds. The highest BCUT2D eigenvalue weighted by Gasteiger charge is 2.27. The number of thiophene rings is 1. The van der Waals surface area contributed by atoms with Crippen LogP contribution in [-0.2, 0) is 0 Å². The van der Waals surface area contributed by atoms with Crippen molar-refractivity contribution in [2.45, 2.75) is 18.9 Å². The molecule has 1 fully saturated rings. The Morgan fingerprint density at radius 1 is 1.33 bits per heavy atom. The van der Waals surface area contributed by atoms with Gasteiger partial charge in [-0.3, -0.25) is 4.79 Å². The van der Waals surface area contributed by atoms with E-state index in [9.17, 15) is 9.18 Å². The van der Waals surface area contributed by atoms with Crippen molar-refractivity contribution in [3.8, 4) is 16.4 Å². The fraction of sp³-hybridized carbons (Fsp3) is 0.316. The highest BCUT2D eigenvalue weighted by atomic mass is 32.1. The van der Waals surface area contributed by atoms with E-state index in [1.807, 2.05) is 24.6 Å². The summed E-state index contributed by atoms with van der Waals surface area (Å²) in [6.07, 6.45) is 1.99. The molecule has 3 aromatic rings. The fourth-order valence-corrected chi connectivity index (χ4v) is 3.99. The van der Waals surface area contributed by atoms with Gasteiger partial charge < -0.3 is 10.2 Å². The molecule has 0 saturated carbocycles. The average molecular weight is 385 g/mol. The third-order valence-corrected chi connectivity index (χ3v) is 5.58. The van der Waals surface area contributed by atoms with Crippen LogP contribution in [0.25, 0.3) is 16.4 Å². The zero-order chi connectivity index (χ0) is 18.8. The fourth-order valence-electron chi connectivity index (χ4n) is 3.29. The maximum atomic E-state index is 13.7. The van der Waals surface area contributed by atoms with Crippen LogP contribution in [0.2, 0.25) is 0 Å². The van der Waals surface area contributed by atoms with Gasteiger partial charge in [0.05, 0.1) is 10.6 Å². The van der Waals surface area contributed by atoms with Crippen LogP contribution in [0.4, 0.5) is 4.39 Å². The standard InChI is InChI=1S/C19H20FN5OS/c1-21-14-6-3-9-24(12-14)19(26)17-22-18(16-8-4-10-27-16)25(23-17)15-7-2-5-13(20)11-15/h2,4-5,7-8,10-11,14,21H,3,6,9,12H2,1H3. The lowest BCUT2D eigenvalue weighted by molar-refractivity contribution is 0.0686. The molecule has 0 radical (unpaired) electrons. The van der Waals surface area contributed by atoms with E-state index in [2.05, 4.69) is 15.4 Å². The van der Waals surface area contributed by atoms with Gasteiger partial charge in [0.25, 0.3) is 5.91 Å². The molecule has 27 heavy (non-hydrogen) atoms. The Kier molecular flexibility index (Phi) is 5.00. The maximum Gasteiger partial charge on any atom is 0.293 e. The lowest BCUT2D eigenvalue weighted by Gasteiger charge is -2.31. The number of likely N-dealkylation sites (N-methyl/N-ethyl adjacent to an activating group) is 1. The molecule has 1 N–H and O–H groups in total. The topological polar surface area (TPSA) is 63.1 Å². The Labute approximate surface area is 160 Å². The van der Waals surface area contributed by atoms with Crippen molar-refractivity contribution in [1.82, 2.24) is 25.0 Å². The van der Waals surface area contributed by atoms with Gasteiger partial charge in [0.2, 0.25) is 5.82 Å². The molecular weight excluding hydrogens is 365 g/mol. The predicted octanol–water partition coefficient (Wildman–Crippen LogP) is 2.96. The molecule has 1 aromatic carbocycles. The van der Waals surface area contributed by atoms with Crippen LogP contribution < -0.4 is 5.32 Å². The Morgan fingerprint density at radius 2 is 2.22 bits per heavy atom. The summed E-state index contributed by atoms with van der Waals surface area (Å²) in [5.41, 5.74) is 0.539. The van der Waals surface area contributed by atoms with Crippen LogP contribution in [0.1, 0.15) is 23.5 Å². The summed E-state index contributed by atoms with van der Waals surface area (Å²) in [7, 11) is 1.91. The third-order valence-electron chi connectivity index (χ3n) is 4.71. The van der Waals surface area contributed by atoms with Gasteiger partial charge in [-0.1, -0.05) is 12.1 Å². The number of benzene rings is 1. The molecule has 1 saturated heterocycles. The Balaban J connectivity index is 1.72. The number of carbonyl (C=O) groups is 1. The number of piperidine rings is 1. The molecule has 3 heterocycles. The van der Waals surface area contributed by atoms with Crippen LogP contribution in [-0.4, -0.2) is 51.8 Å². The average Bonchev–Trinajstić information content (AvgIpc) is 3.37. The number of aromatic nitrogens is 3. The second kappa shape index (κ2) is 7.58. The molecule has 1 aliphatic rings. The van der Waals surface area contributed by atoms with E-state index in [1.165, 1.54) is 23.5 Å². The number of hydrogen-bond acceptors (Lipinski definition) is 5. The van der Waals surface area contributed by atoms with E-state index >= 15 is 0 Å². The van der Waals surface area contributed by atoms with Gasteiger partial charge in [-0.05, 0) is 49.5 Å². The minimum absolute atomic E-state index is 0.138. The number of rotatable bonds is 4. The number of nitrogens with one attached hydrogen (secondary N) is 1. The number of halogens is 1. The van der Waals surface area contributed by atoms with Crippen molar-refractivity contribution < 1.29 is 9.18 Å².